The molecule has 0 spiro atoms. The van der Waals surface area contributed by atoms with Crippen LogP contribution in [-0.2, 0) is 17.8 Å². The van der Waals surface area contributed by atoms with Crippen LogP contribution in [0.3, 0.4) is 0 Å². The Bertz CT molecular complexity index is 1100. The van der Waals surface area contributed by atoms with Crippen LogP contribution in [-0.4, -0.2) is 21.5 Å². The van der Waals surface area contributed by atoms with Gasteiger partial charge in [0.05, 0.1) is 17.6 Å². The molecule has 0 atom stereocenters. The summed E-state index contributed by atoms with van der Waals surface area (Å²) in [6.07, 6.45) is 7.49. The Hall–Kier alpha value is -2.66. The third-order valence-corrected chi connectivity index (χ3v) is 6.20. The molecule has 1 aromatic heterocycles. The van der Waals surface area contributed by atoms with Gasteiger partial charge in [-0.1, -0.05) is 67.6 Å². The van der Waals surface area contributed by atoms with Gasteiger partial charge in [0.1, 0.15) is 5.69 Å². The van der Waals surface area contributed by atoms with Crippen LogP contribution in [0.2, 0.25) is 5.02 Å². The highest BCUT2D eigenvalue weighted by atomic mass is 35.5. The van der Waals surface area contributed by atoms with Gasteiger partial charge in [-0.25, -0.2) is 4.98 Å². The normalized spacial score (nSPS) is 15.0. The van der Waals surface area contributed by atoms with Crippen LogP contribution in [0.15, 0.2) is 53.3 Å². The molecule has 5 nitrogen and oxygen atoms in total. The fourth-order valence-electron chi connectivity index (χ4n) is 4.31. The smallest absolute Gasteiger partial charge is 0.273 e. The number of benzene rings is 2. The van der Waals surface area contributed by atoms with E-state index in [1.54, 1.807) is 16.7 Å². The molecule has 31 heavy (non-hydrogen) atoms. The molecule has 1 amide bonds. The number of aromatic nitrogens is 2. The highest BCUT2D eigenvalue weighted by molar-refractivity contribution is 6.31. The van der Waals surface area contributed by atoms with Gasteiger partial charge in [-0.15, -0.1) is 0 Å². The lowest BCUT2D eigenvalue weighted by atomic mass is 10.1. The number of carbonyl (C=O) groups excluding carboxylic acids is 1. The second-order valence-electron chi connectivity index (χ2n) is 8.32. The predicted octanol–water partition coefficient (Wildman–Crippen LogP) is 4.87. The molecule has 1 fully saturated rings. The maximum Gasteiger partial charge on any atom is 0.273 e. The molecular formula is C25H28ClN3O2. The van der Waals surface area contributed by atoms with Gasteiger partial charge >= 0.3 is 0 Å². The number of hydrogen-bond acceptors (Lipinski definition) is 3. The highest BCUT2D eigenvalue weighted by Gasteiger charge is 2.17. The summed E-state index contributed by atoms with van der Waals surface area (Å²) in [5.41, 5.74) is 2.69. The Morgan fingerprint density at radius 2 is 1.81 bits per heavy atom. The molecule has 1 saturated carbocycles. The summed E-state index contributed by atoms with van der Waals surface area (Å²) in [7, 11) is 0. The summed E-state index contributed by atoms with van der Waals surface area (Å²) in [5.74, 6) is -0.00565. The van der Waals surface area contributed by atoms with E-state index in [2.05, 4.69) is 10.3 Å². The number of aryl methyl sites for hydroxylation is 1. The van der Waals surface area contributed by atoms with E-state index in [0.29, 0.717) is 29.2 Å². The molecule has 3 aromatic rings. The average Bonchev–Trinajstić information content (AvgIpc) is 3.04. The van der Waals surface area contributed by atoms with Crippen LogP contribution < -0.4 is 10.9 Å². The summed E-state index contributed by atoms with van der Waals surface area (Å²) in [6.45, 7) is 0.446. The van der Waals surface area contributed by atoms with Crippen molar-refractivity contribution in [3.63, 3.8) is 0 Å². The molecule has 0 saturated heterocycles. The topological polar surface area (TPSA) is 64.0 Å². The first kappa shape index (κ1) is 21.6. The lowest BCUT2D eigenvalue weighted by Gasteiger charge is -2.16. The van der Waals surface area contributed by atoms with Gasteiger partial charge in [0.15, 0.2) is 0 Å². The first-order chi connectivity index (χ1) is 15.1. The number of rotatable bonds is 6. The lowest BCUT2D eigenvalue weighted by molar-refractivity contribution is -0.121. The largest absolute Gasteiger partial charge is 0.353 e. The van der Waals surface area contributed by atoms with E-state index in [9.17, 15) is 9.59 Å². The minimum absolute atomic E-state index is 0.00565. The molecule has 1 aliphatic carbocycles. The van der Waals surface area contributed by atoms with Gasteiger partial charge < -0.3 is 9.88 Å². The van der Waals surface area contributed by atoms with Gasteiger partial charge in [0.2, 0.25) is 5.91 Å². The molecule has 4 rings (SSSR count). The molecule has 0 unspecified atom stereocenters. The Kier molecular flexibility index (Phi) is 7.03. The second-order valence-corrected chi connectivity index (χ2v) is 8.76. The average molecular weight is 438 g/mol. The van der Waals surface area contributed by atoms with Gasteiger partial charge in [-0.2, -0.15) is 0 Å². The Labute approximate surface area is 187 Å². The lowest BCUT2D eigenvalue weighted by Crippen LogP contribution is -2.35. The number of carbonyl (C=O) groups is 1. The number of hydrogen-bond donors (Lipinski definition) is 1. The maximum absolute atomic E-state index is 13.3. The van der Waals surface area contributed by atoms with Crippen LogP contribution in [0.1, 0.15) is 56.2 Å². The standard InChI is InChI=1S/C25H28ClN3O2/c26-19-12-14-23-22(16-19)28-21(25(31)29(23)17-18-8-4-3-5-9-18)13-15-24(30)27-20-10-6-1-2-7-11-20/h3-5,8-9,12,14,16,20H,1-2,6-7,10-11,13,15,17H2,(H,27,30). The fraction of sp³-hybridized carbons (Fsp3) is 0.400. The summed E-state index contributed by atoms with van der Waals surface area (Å²) < 4.78 is 1.73. The minimum Gasteiger partial charge on any atom is -0.353 e. The first-order valence-corrected chi connectivity index (χ1v) is 11.5. The number of nitrogens with zero attached hydrogens (tertiary/aromatic N) is 2. The number of nitrogens with one attached hydrogen (secondary N) is 1. The zero-order chi connectivity index (χ0) is 21.6. The highest BCUT2D eigenvalue weighted by Crippen LogP contribution is 2.19. The van der Waals surface area contributed by atoms with E-state index in [-0.39, 0.29) is 23.9 Å². The SMILES string of the molecule is O=C(CCc1nc2cc(Cl)ccc2n(Cc2ccccc2)c1=O)NC1CCCCCC1. The van der Waals surface area contributed by atoms with Crippen molar-refractivity contribution >= 4 is 28.5 Å². The molecule has 1 aliphatic rings. The van der Waals surface area contributed by atoms with E-state index in [4.69, 9.17) is 11.6 Å². The Morgan fingerprint density at radius 3 is 2.55 bits per heavy atom. The number of amides is 1. The van der Waals surface area contributed by atoms with Crippen LogP contribution in [0, 0.1) is 0 Å². The molecule has 2 aromatic carbocycles. The molecular weight excluding hydrogens is 410 g/mol. The third kappa shape index (κ3) is 5.53. The van der Waals surface area contributed by atoms with Gasteiger partial charge in [0.25, 0.3) is 5.56 Å². The molecule has 6 heteroatoms. The molecule has 1 heterocycles. The first-order valence-electron chi connectivity index (χ1n) is 11.1. The van der Waals surface area contributed by atoms with Gasteiger partial charge in [0, 0.05) is 23.9 Å². The van der Waals surface area contributed by atoms with Crippen molar-refractivity contribution < 1.29 is 4.79 Å². The zero-order valence-corrected chi connectivity index (χ0v) is 18.4. The number of fused-ring (bicyclic) bond motifs is 1. The quantitative estimate of drug-likeness (QED) is 0.559. The summed E-state index contributed by atoms with van der Waals surface area (Å²) in [4.78, 5) is 30.4. The van der Waals surface area contributed by atoms with Gasteiger partial charge in [-0.3, -0.25) is 9.59 Å². The van der Waals surface area contributed by atoms with E-state index >= 15 is 0 Å². The van der Waals surface area contributed by atoms with E-state index in [1.807, 2.05) is 36.4 Å². The number of halogens is 1. The van der Waals surface area contributed by atoms with Crippen molar-refractivity contribution in [2.75, 3.05) is 0 Å². The third-order valence-electron chi connectivity index (χ3n) is 5.97. The van der Waals surface area contributed by atoms with Gasteiger partial charge in [-0.05, 0) is 36.6 Å². The van der Waals surface area contributed by atoms with E-state index in [1.165, 1.54) is 25.7 Å². The van der Waals surface area contributed by atoms with Crippen LogP contribution in [0.25, 0.3) is 11.0 Å². The summed E-state index contributed by atoms with van der Waals surface area (Å²) >= 11 is 6.18. The fourth-order valence-corrected chi connectivity index (χ4v) is 4.48. The predicted molar refractivity (Wildman–Crippen MR) is 125 cm³/mol. The van der Waals surface area contributed by atoms with Crippen LogP contribution in [0.5, 0.6) is 0 Å². The summed E-state index contributed by atoms with van der Waals surface area (Å²) in [5, 5.41) is 3.72. The molecule has 0 radical (unpaired) electrons. The summed E-state index contributed by atoms with van der Waals surface area (Å²) in [6, 6.07) is 15.5. The van der Waals surface area contributed by atoms with Crippen molar-refractivity contribution in [3.05, 3.63) is 75.2 Å². The molecule has 0 bridgehead atoms. The van der Waals surface area contributed by atoms with Crippen LogP contribution >= 0.6 is 11.6 Å². The maximum atomic E-state index is 13.3. The van der Waals surface area contributed by atoms with E-state index < -0.39 is 0 Å². The molecule has 0 aliphatic heterocycles. The van der Waals surface area contributed by atoms with Crippen molar-refractivity contribution in [2.45, 2.75) is 64.0 Å². The van der Waals surface area contributed by atoms with Crippen molar-refractivity contribution in [3.8, 4) is 0 Å². The molecule has 162 valence electrons. The van der Waals surface area contributed by atoms with E-state index in [0.717, 1.165) is 23.9 Å². The Morgan fingerprint density at radius 1 is 1.06 bits per heavy atom. The van der Waals surface area contributed by atoms with Crippen molar-refractivity contribution in [2.24, 2.45) is 0 Å². The second kappa shape index (κ2) is 10.1. The monoisotopic (exact) mass is 437 g/mol. The Balaban J connectivity index is 1.56. The minimum atomic E-state index is -0.152. The van der Waals surface area contributed by atoms with Crippen molar-refractivity contribution in [1.82, 2.24) is 14.9 Å². The van der Waals surface area contributed by atoms with Crippen molar-refractivity contribution in [1.29, 1.82) is 0 Å². The zero-order valence-electron chi connectivity index (χ0n) is 17.6. The van der Waals surface area contributed by atoms with Crippen LogP contribution in [0.4, 0.5) is 0 Å². The molecule has 1 N–H and O–H groups in total.